The molecule has 0 radical (unpaired) electrons. The van der Waals surface area contributed by atoms with Crippen LogP contribution < -0.4 is 11.5 Å². The molecule has 1 aliphatic rings. The van der Waals surface area contributed by atoms with Crippen LogP contribution in [0.25, 0.3) is 0 Å². The van der Waals surface area contributed by atoms with Gasteiger partial charge in [0.05, 0.1) is 5.54 Å². The van der Waals surface area contributed by atoms with Gasteiger partial charge in [0.2, 0.25) is 0 Å². The van der Waals surface area contributed by atoms with E-state index in [9.17, 15) is 0 Å². The smallest absolute Gasteiger partial charge is 0.119 e. The number of nitrogens with two attached hydrogens (primary N) is 2. The number of nitrogens with zero attached hydrogens (tertiary/aromatic N) is 1. The van der Waals surface area contributed by atoms with Gasteiger partial charge >= 0.3 is 0 Å². The van der Waals surface area contributed by atoms with Gasteiger partial charge in [-0.1, -0.05) is 19.8 Å². The average Bonchev–Trinajstić information content (AvgIpc) is 2.12. The number of hydrogen-bond donors (Lipinski definition) is 2. The summed E-state index contributed by atoms with van der Waals surface area (Å²) in [6.07, 6.45) is 4.78. The summed E-state index contributed by atoms with van der Waals surface area (Å²) in [5.74, 6) is 0. The predicted octanol–water partition coefficient (Wildman–Crippen LogP) is 1.91. The fraction of sp³-hybridized carbons (Fsp3) is 0.700. The lowest BCUT2D eigenvalue weighted by atomic mass is 9.88. The molecule has 2 unspecified atom stereocenters. The van der Waals surface area contributed by atoms with Crippen molar-refractivity contribution in [2.24, 2.45) is 16.5 Å². The number of aliphatic imine (C=N–C) groups is 1. The Morgan fingerprint density at radius 3 is 2.86 bits per heavy atom. The molecule has 14 heavy (non-hydrogen) atoms. The summed E-state index contributed by atoms with van der Waals surface area (Å²) >= 11 is 3.44. The highest BCUT2D eigenvalue weighted by Gasteiger charge is 2.33. The fourth-order valence-electron chi connectivity index (χ4n) is 1.52. The molecule has 0 bridgehead atoms. The van der Waals surface area contributed by atoms with Crippen LogP contribution in [0.15, 0.2) is 15.6 Å². The van der Waals surface area contributed by atoms with E-state index in [1.165, 1.54) is 0 Å². The summed E-state index contributed by atoms with van der Waals surface area (Å²) in [6.45, 7) is 4.07. The molecule has 0 aromatic rings. The second-order valence-electron chi connectivity index (χ2n) is 3.87. The Kier molecular flexibility index (Phi) is 3.86. The first-order chi connectivity index (χ1) is 6.49. The lowest BCUT2D eigenvalue weighted by Crippen LogP contribution is -2.54. The molecule has 1 heterocycles. The SMILES string of the molecule is CCCCC1(N)C=C(Br)C(C)=NC1N. The maximum absolute atomic E-state index is 6.20. The van der Waals surface area contributed by atoms with Crippen molar-refractivity contribution >= 4 is 21.6 Å². The van der Waals surface area contributed by atoms with E-state index in [0.29, 0.717) is 0 Å². The van der Waals surface area contributed by atoms with Crippen LogP contribution in [-0.4, -0.2) is 17.4 Å². The quantitative estimate of drug-likeness (QED) is 0.814. The first kappa shape index (κ1) is 11.9. The van der Waals surface area contributed by atoms with Crippen LogP contribution in [0, 0.1) is 0 Å². The van der Waals surface area contributed by atoms with E-state index >= 15 is 0 Å². The first-order valence-electron chi connectivity index (χ1n) is 4.97. The van der Waals surface area contributed by atoms with Crippen molar-refractivity contribution in [3.8, 4) is 0 Å². The molecule has 4 heteroatoms. The minimum Gasteiger partial charge on any atom is -0.319 e. The number of hydrogen-bond acceptors (Lipinski definition) is 3. The lowest BCUT2D eigenvalue weighted by Gasteiger charge is -2.33. The molecule has 1 rings (SSSR count). The third kappa shape index (κ3) is 2.43. The third-order valence-electron chi connectivity index (χ3n) is 2.59. The fourth-order valence-corrected chi connectivity index (χ4v) is 2.05. The molecule has 0 fully saturated rings. The molecule has 0 amide bonds. The molecular formula is C10H18BrN3. The van der Waals surface area contributed by atoms with E-state index in [-0.39, 0.29) is 6.17 Å². The maximum Gasteiger partial charge on any atom is 0.119 e. The highest BCUT2D eigenvalue weighted by molar-refractivity contribution is 9.12. The monoisotopic (exact) mass is 259 g/mol. The van der Waals surface area contributed by atoms with Gasteiger partial charge in [-0.2, -0.15) is 0 Å². The highest BCUT2D eigenvalue weighted by Crippen LogP contribution is 2.26. The van der Waals surface area contributed by atoms with Crippen LogP contribution in [-0.2, 0) is 0 Å². The van der Waals surface area contributed by atoms with Gasteiger partial charge in [-0.05, 0) is 35.4 Å². The minimum atomic E-state index is -0.478. The van der Waals surface area contributed by atoms with Gasteiger partial charge in [0.1, 0.15) is 6.17 Å². The van der Waals surface area contributed by atoms with Gasteiger partial charge in [0.15, 0.2) is 0 Å². The second-order valence-corrected chi connectivity index (χ2v) is 4.72. The lowest BCUT2D eigenvalue weighted by molar-refractivity contribution is 0.386. The maximum atomic E-state index is 6.20. The molecule has 2 atom stereocenters. The number of unbranched alkanes of at least 4 members (excludes halogenated alkanes) is 1. The van der Waals surface area contributed by atoms with Crippen molar-refractivity contribution < 1.29 is 0 Å². The normalized spacial score (nSPS) is 32.5. The Hall–Kier alpha value is -0.190. The molecule has 0 saturated carbocycles. The van der Waals surface area contributed by atoms with Crippen LogP contribution >= 0.6 is 15.9 Å². The van der Waals surface area contributed by atoms with Gasteiger partial charge in [0.25, 0.3) is 0 Å². The van der Waals surface area contributed by atoms with Crippen LogP contribution in [0.4, 0.5) is 0 Å². The van der Waals surface area contributed by atoms with Crippen LogP contribution in [0.2, 0.25) is 0 Å². The van der Waals surface area contributed by atoms with Crippen molar-refractivity contribution in [1.29, 1.82) is 0 Å². The summed E-state index contributed by atoms with van der Waals surface area (Å²) < 4.78 is 0.970. The third-order valence-corrected chi connectivity index (χ3v) is 3.39. The van der Waals surface area contributed by atoms with Crippen LogP contribution in [0.5, 0.6) is 0 Å². The zero-order valence-electron chi connectivity index (χ0n) is 8.76. The zero-order valence-corrected chi connectivity index (χ0v) is 10.3. The van der Waals surface area contributed by atoms with Crippen molar-refractivity contribution in [2.45, 2.75) is 44.8 Å². The van der Waals surface area contributed by atoms with Crippen molar-refractivity contribution in [1.82, 2.24) is 0 Å². The number of dihydropyridines is 1. The minimum absolute atomic E-state index is 0.310. The second kappa shape index (κ2) is 4.55. The predicted molar refractivity (Wildman–Crippen MR) is 64.5 cm³/mol. The Morgan fingerprint density at radius 1 is 1.64 bits per heavy atom. The highest BCUT2D eigenvalue weighted by atomic mass is 79.9. The molecule has 1 aliphatic heterocycles. The summed E-state index contributed by atoms with van der Waals surface area (Å²) in [5.41, 5.74) is 12.6. The molecular weight excluding hydrogens is 242 g/mol. The summed E-state index contributed by atoms with van der Waals surface area (Å²) in [5, 5.41) is 0. The molecule has 80 valence electrons. The van der Waals surface area contributed by atoms with Gasteiger partial charge in [-0.15, -0.1) is 0 Å². The Morgan fingerprint density at radius 2 is 2.29 bits per heavy atom. The Balaban J connectivity index is 2.80. The molecule has 0 aliphatic carbocycles. The van der Waals surface area contributed by atoms with E-state index in [2.05, 4.69) is 27.8 Å². The molecule has 0 saturated heterocycles. The topological polar surface area (TPSA) is 64.4 Å². The van der Waals surface area contributed by atoms with E-state index in [1.807, 2.05) is 13.0 Å². The van der Waals surface area contributed by atoms with Gasteiger partial charge in [-0.25, -0.2) is 0 Å². The van der Waals surface area contributed by atoms with Gasteiger partial charge < -0.3 is 11.5 Å². The van der Waals surface area contributed by atoms with E-state index in [0.717, 1.165) is 29.5 Å². The standard InChI is InChI=1S/C10H18BrN3/c1-3-4-5-10(13)6-8(11)7(2)14-9(10)12/h6,9H,3-5,12-13H2,1-2H3. The van der Waals surface area contributed by atoms with Crippen LogP contribution in [0.1, 0.15) is 33.1 Å². The van der Waals surface area contributed by atoms with E-state index in [1.54, 1.807) is 0 Å². The Bertz CT molecular complexity index is 273. The summed E-state index contributed by atoms with van der Waals surface area (Å²) in [6, 6.07) is 0. The molecule has 4 N–H and O–H groups in total. The Labute approximate surface area is 93.8 Å². The van der Waals surface area contributed by atoms with E-state index in [4.69, 9.17) is 11.5 Å². The number of rotatable bonds is 3. The molecule has 0 spiro atoms. The van der Waals surface area contributed by atoms with Gasteiger partial charge in [0, 0.05) is 10.2 Å². The number of halogens is 1. The molecule has 0 aromatic carbocycles. The average molecular weight is 260 g/mol. The number of allylic oxidation sites excluding steroid dienone is 1. The summed E-state index contributed by atoms with van der Waals surface area (Å²) in [7, 11) is 0. The largest absolute Gasteiger partial charge is 0.319 e. The molecule has 3 nitrogen and oxygen atoms in total. The molecule has 0 aromatic heterocycles. The zero-order chi connectivity index (χ0) is 10.8. The van der Waals surface area contributed by atoms with Crippen molar-refractivity contribution in [3.63, 3.8) is 0 Å². The van der Waals surface area contributed by atoms with Gasteiger partial charge in [-0.3, -0.25) is 4.99 Å². The van der Waals surface area contributed by atoms with Crippen molar-refractivity contribution in [2.75, 3.05) is 0 Å². The van der Waals surface area contributed by atoms with Crippen LogP contribution in [0.3, 0.4) is 0 Å². The van der Waals surface area contributed by atoms with Crippen molar-refractivity contribution in [3.05, 3.63) is 10.6 Å². The summed E-state index contributed by atoms with van der Waals surface area (Å²) in [4.78, 5) is 4.32. The first-order valence-corrected chi connectivity index (χ1v) is 5.76. The van der Waals surface area contributed by atoms with E-state index < -0.39 is 5.54 Å².